The van der Waals surface area contributed by atoms with E-state index < -0.39 is 0 Å². The molecule has 3 nitrogen and oxygen atoms in total. The second-order valence-electron chi connectivity index (χ2n) is 3.54. The minimum Gasteiger partial charge on any atom is -0.342 e. The Morgan fingerprint density at radius 2 is 2.47 bits per heavy atom. The normalized spacial score (nSPS) is 12.9. The van der Waals surface area contributed by atoms with Gasteiger partial charge < -0.3 is 10.7 Å². The molecule has 2 aromatic rings. The Morgan fingerprint density at radius 1 is 1.60 bits per heavy atom. The van der Waals surface area contributed by atoms with Crippen molar-refractivity contribution in [3.63, 3.8) is 0 Å². The number of nitrogens with zero attached hydrogens (tertiary/aromatic N) is 1. The first-order valence-electron chi connectivity index (χ1n) is 5.12. The average Bonchev–Trinajstić information content (AvgIpc) is 2.89. The van der Waals surface area contributed by atoms with E-state index in [2.05, 4.69) is 33.7 Å². The Labute approximate surface area is 93.4 Å². The van der Waals surface area contributed by atoms with Gasteiger partial charge in [-0.25, -0.2) is 4.98 Å². The maximum Gasteiger partial charge on any atom is 0.110 e. The summed E-state index contributed by atoms with van der Waals surface area (Å²) in [7, 11) is 0. The molecule has 1 unspecified atom stereocenters. The van der Waals surface area contributed by atoms with Crippen LogP contribution in [0.3, 0.4) is 0 Å². The molecule has 0 aliphatic rings. The first-order valence-corrected chi connectivity index (χ1v) is 6.07. The van der Waals surface area contributed by atoms with Gasteiger partial charge in [0.25, 0.3) is 0 Å². The SMILES string of the molecule is CCC(CN)c1ncc(-c2ccsc2)[nH]1. The molecule has 0 spiro atoms. The van der Waals surface area contributed by atoms with Crippen LogP contribution in [0.25, 0.3) is 11.3 Å². The Bertz CT molecular complexity index is 401. The average molecular weight is 221 g/mol. The lowest BCUT2D eigenvalue weighted by Crippen LogP contribution is -2.12. The highest BCUT2D eigenvalue weighted by atomic mass is 32.1. The van der Waals surface area contributed by atoms with Gasteiger partial charge in [-0.1, -0.05) is 6.92 Å². The number of thiophene rings is 1. The van der Waals surface area contributed by atoms with Crippen molar-refractivity contribution in [3.8, 4) is 11.3 Å². The predicted molar refractivity (Wildman–Crippen MR) is 64.0 cm³/mol. The van der Waals surface area contributed by atoms with Crippen molar-refractivity contribution in [3.05, 3.63) is 28.8 Å². The van der Waals surface area contributed by atoms with Gasteiger partial charge >= 0.3 is 0 Å². The van der Waals surface area contributed by atoms with Gasteiger partial charge in [0.2, 0.25) is 0 Å². The minimum atomic E-state index is 0.345. The molecule has 0 saturated heterocycles. The highest BCUT2D eigenvalue weighted by Crippen LogP contribution is 2.22. The van der Waals surface area contributed by atoms with Crippen molar-refractivity contribution in [2.45, 2.75) is 19.3 Å². The number of hydrogen-bond acceptors (Lipinski definition) is 3. The number of aromatic amines is 1. The monoisotopic (exact) mass is 221 g/mol. The van der Waals surface area contributed by atoms with E-state index in [0.717, 1.165) is 17.9 Å². The maximum atomic E-state index is 5.69. The molecule has 15 heavy (non-hydrogen) atoms. The summed E-state index contributed by atoms with van der Waals surface area (Å²) in [4.78, 5) is 7.72. The summed E-state index contributed by atoms with van der Waals surface area (Å²) in [6.45, 7) is 2.78. The summed E-state index contributed by atoms with van der Waals surface area (Å²) in [5, 5.41) is 4.18. The van der Waals surface area contributed by atoms with Crippen molar-refractivity contribution in [2.24, 2.45) is 5.73 Å². The largest absolute Gasteiger partial charge is 0.342 e. The van der Waals surface area contributed by atoms with Gasteiger partial charge in [-0.3, -0.25) is 0 Å². The van der Waals surface area contributed by atoms with E-state index in [0.29, 0.717) is 12.5 Å². The molecule has 1 atom stereocenters. The standard InChI is InChI=1S/C11H15N3S/c1-2-8(5-12)11-13-6-10(14-11)9-3-4-15-7-9/h3-4,6-8H,2,5,12H2,1H3,(H,13,14). The van der Waals surface area contributed by atoms with Crippen molar-refractivity contribution in [1.82, 2.24) is 9.97 Å². The third-order valence-corrected chi connectivity index (χ3v) is 3.27. The number of nitrogens with one attached hydrogen (secondary N) is 1. The molecule has 2 rings (SSSR count). The molecule has 2 heterocycles. The topological polar surface area (TPSA) is 54.7 Å². The van der Waals surface area contributed by atoms with Crippen molar-refractivity contribution < 1.29 is 0 Å². The van der Waals surface area contributed by atoms with Gasteiger partial charge in [-0.15, -0.1) is 0 Å². The molecule has 0 saturated carbocycles. The number of nitrogens with two attached hydrogens (primary N) is 1. The van der Waals surface area contributed by atoms with Gasteiger partial charge in [0.1, 0.15) is 5.82 Å². The summed E-state index contributed by atoms with van der Waals surface area (Å²) in [6.07, 6.45) is 2.91. The molecule has 0 aliphatic heterocycles. The summed E-state index contributed by atoms with van der Waals surface area (Å²) in [5.41, 5.74) is 7.97. The van der Waals surface area contributed by atoms with Crippen LogP contribution >= 0.6 is 11.3 Å². The van der Waals surface area contributed by atoms with Crippen molar-refractivity contribution in [2.75, 3.05) is 6.54 Å². The highest BCUT2D eigenvalue weighted by molar-refractivity contribution is 7.08. The molecule has 80 valence electrons. The van der Waals surface area contributed by atoms with Gasteiger partial charge in [0.05, 0.1) is 11.9 Å². The number of imidazole rings is 1. The molecule has 0 amide bonds. The quantitative estimate of drug-likeness (QED) is 0.833. The number of hydrogen-bond donors (Lipinski definition) is 2. The fraction of sp³-hybridized carbons (Fsp3) is 0.364. The van der Waals surface area contributed by atoms with E-state index in [9.17, 15) is 0 Å². The zero-order valence-corrected chi connectivity index (χ0v) is 9.55. The highest BCUT2D eigenvalue weighted by Gasteiger charge is 2.11. The van der Waals surface area contributed by atoms with Crippen LogP contribution < -0.4 is 5.73 Å². The van der Waals surface area contributed by atoms with E-state index >= 15 is 0 Å². The molecule has 0 bridgehead atoms. The lowest BCUT2D eigenvalue weighted by Gasteiger charge is -2.07. The Morgan fingerprint density at radius 3 is 3.07 bits per heavy atom. The number of aromatic nitrogens is 2. The fourth-order valence-electron chi connectivity index (χ4n) is 1.58. The summed E-state index contributed by atoms with van der Waals surface area (Å²) in [5.74, 6) is 1.35. The van der Waals surface area contributed by atoms with Gasteiger partial charge in [0, 0.05) is 23.4 Å². The molecule has 4 heteroatoms. The predicted octanol–water partition coefficient (Wildman–Crippen LogP) is 2.59. The Kier molecular flexibility index (Phi) is 3.18. The van der Waals surface area contributed by atoms with Crippen LogP contribution in [-0.4, -0.2) is 16.5 Å². The van der Waals surface area contributed by atoms with Crippen LogP contribution in [0, 0.1) is 0 Å². The van der Waals surface area contributed by atoms with Gasteiger partial charge in [-0.2, -0.15) is 11.3 Å². The third kappa shape index (κ3) is 2.11. The molecule has 0 fully saturated rings. The number of H-pyrrole nitrogens is 1. The molecular formula is C11H15N3S. The lowest BCUT2D eigenvalue weighted by molar-refractivity contribution is 0.639. The lowest BCUT2D eigenvalue weighted by atomic mass is 10.1. The van der Waals surface area contributed by atoms with Crippen LogP contribution in [0.4, 0.5) is 0 Å². The van der Waals surface area contributed by atoms with Gasteiger partial charge in [-0.05, 0) is 17.9 Å². The zero-order chi connectivity index (χ0) is 10.7. The van der Waals surface area contributed by atoms with E-state index in [1.807, 2.05) is 6.20 Å². The van der Waals surface area contributed by atoms with Crippen molar-refractivity contribution >= 4 is 11.3 Å². The molecule has 2 aromatic heterocycles. The second kappa shape index (κ2) is 4.59. The van der Waals surface area contributed by atoms with E-state index in [1.165, 1.54) is 5.56 Å². The van der Waals surface area contributed by atoms with Crippen LogP contribution in [0.2, 0.25) is 0 Å². The molecule has 0 aromatic carbocycles. The van der Waals surface area contributed by atoms with Crippen molar-refractivity contribution in [1.29, 1.82) is 0 Å². The van der Waals surface area contributed by atoms with Crippen LogP contribution in [0.1, 0.15) is 25.1 Å². The summed E-state index contributed by atoms with van der Waals surface area (Å²) >= 11 is 1.69. The smallest absolute Gasteiger partial charge is 0.110 e. The summed E-state index contributed by atoms with van der Waals surface area (Å²) in [6, 6.07) is 2.09. The molecule has 3 N–H and O–H groups in total. The van der Waals surface area contributed by atoms with E-state index in [-0.39, 0.29) is 0 Å². The van der Waals surface area contributed by atoms with Crippen LogP contribution in [0.15, 0.2) is 23.0 Å². The van der Waals surface area contributed by atoms with Crippen LogP contribution in [-0.2, 0) is 0 Å². The van der Waals surface area contributed by atoms with E-state index in [1.54, 1.807) is 11.3 Å². The first-order chi connectivity index (χ1) is 7.35. The maximum absolute atomic E-state index is 5.69. The zero-order valence-electron chi connectivity index (χ0n) is 8.73. The second-order valence-corrected chi connectivity index (χ2v) is 4.32. The fourth-order valence-corrected chi connectivity index (χ4v) is 2.24. The number of rotatable bonds is 4. The summed E-state index contributed by atoms with van der Waals surface area (Å²) < 4.78 is 0. The van der Waals surface area contributed by atoms with Gasteiger partial charge in [0.15, 0.2) is 0 Å². The third-order valence-electron chi connectivity index (χ3n) is 2.59. The molecule has 0 radical (unpaired) electrons. The molecular weight excluding hydrogens is 206 g/mol. The first kappa shape index (κ1) is 10.4. The Balaban J connectivity index is 2.24. The molecule has 0 aliphatic carbocycles. The Hall–Kier alpha value is -1.13. The van der Waals surface area contributed by atoms with Crippen LogP contribution in [0.5, 0.6) is 0 Å². The van der Waals surface area contributed by atoms with E-state index in [4.69, 9.17) is 5.73 Å². The minimum absolute atomic E-state index is 0.345.